The Morgan fingerprint density at radius 2 is 2.12 bits per heavy atom. The molecule has 5 nitrogen and oxygen atoms in total. The largest absolute Gasteiger partial charge is 0.361 e. The van der Waals surface area contributed by atoms with Crippen LogP contribution in [0.15, 0.2) is 11.8 Å². The number of hydrazine groups is 1. The highest BCUT2D eigenvalue weighted by atomic mass is 16.2. The molecule has 0 aromatic heterocycles. The minimum absolute atomic E-state index is 0.109. The van der Waals surface area contributed by atoms with Crippen molar-refractivity contribution in [1.29, 1.82) is 0 Å². The maximum atomic E-state index is 11.0. The van der Waals surface area contributed by atoms with Crippen molar-refractivity contribution in [3.05, 3.63) is 11.8 Å². The molecular formula is C11H19N3O2. The molecule has 1 aliphatic rings. The summed E-state index contributed by atoms with van der Waals surface area (Å²) in [5.74, 6) is -1.26. The lowest BCUT2D eigenvalue weighted by Crippen LogP contribution is -2.45. The number of rotatable bonds is 2. The molecule has 4 N–H and O–H groups in total. The summed E-state index contributed by atoms with van der Waals surface area (Å²) >= 11 is 0. The summed E-state index contributed by atoms with van der Waals surface area (Å²) in [4.78, 5) is 21.5. The number of hydrogen-bond acceptors (Lipinski definition) is 3. The summed E-state index contributed by atoms with van der Waals surface area (Å²) in [7, 11) is 0. The van der Waals surface area contributed by atoms with Gasteiger partial charge < -0.3 is 11.2 Å². The van der Waals surface area contributed by atoms with Gasteiger partial charge >= 0.3 is 11.8 Å². The molecule has 0 aromatic carbocycles. The zero-order chi connectivity index (χ0) is 12.3. The lowest BCUT2D eigenvalue weighted by Gasteiger charge is -2.32. The molecule has 0 aromatic rings. The van der Waals surface area contributed by atoms with E-state index in [1.165, 1.54) is 0 Å². The van der Waals surface area contributed by atoms with Crippen molar-refractivity contribution in [2.75, 3.05) is 0 Å². The van der Waals surface area contributed by atoms with Gasteiger partial charge in [-0.05, 0) is 24.2 Å². The number of amides is 2. The molecule has 1 atom stereocenters. The van der Waals surface area contributed by atoms with E-state index >= 15 is 0 Å². The van der Waals surface area contributed by atoms with Gasteiger partial charge in [-0.1, -0.05) is 26.8 Å². The molecule has 0 bridgehead atoms. The molecule has 0 fully saturated rings. The molecule has 0 saturated heterocycles. The fourth-order valence-electron chi connectivity index (χ4n) is 2.22. The second kappa shape index (κ2) is 4.55. The van der Waals surface area contributed by atoms with Crippen LogP contribution in [0.25, 0.3) is 0 Å². The smallest absolute Gasteiger partial charge is 0.327 e. The van der Waals surface area contributed by atoms with Crippen LogP contribution in [0.3, 0.4) is 0 Å². The quantitative estimate of drug-likeness (QED) is 0.471. The van der Waals surface area contributed by atoms with Crippen LogP contribution < -0.4 is 16.6 Å². The highest BCUT2D eigenvalue weighted by Gasteiger charge is 2.25. The first-order valence-corrected chi connectivity index (χ1v) is 5.38. The average Bonchev–Trinajstić information content (AvgIpc) is 2.10. The van der Waals surface area contributed by atoms with Crippen molar-refractivity contribution in [3.63, 3.8) is 0 Å². The van der Waals surface area contributed by atoms with Crippen LogP contribution in [0.2, 0.25) is 0 Å². The fourth-order valence-corrected chi connectivity index (χ4v) is 2.22. The van der Waals surface area contributed by atoms with E-state index in [0.717, 1.165) is 18.5 Å². The Morgan fingerprint density at radius 1 is 1.50 bits per heavy atom. The van der Waals surface area contributed by atoms with Gasteiger partial charge in [-0.15, -0.1) is 0 Å². The SMILES string of the molecule is C[C@H]1CC(NNC(=O)C(N)=O)=CC(C)(C)C1. The molecular weight excluding hydrogens is 206 g/mol. The van der Waals surface area contributed by atoms with Gasteiger partial charge in [-0.2, -0.15) is 0 Å². The summed E-state index contributed by atoms with van der Waals surface area (Å²) in [6, 6.07) is 0. The van der Waals surface area contributed by atoms with Crippen LogP contribution in [-0.4, -0.2) is 11.8 Å². The Labute approximate surface area is 95.4 Å². The van der Waals surface area contributed by atoms with Crippen molar-refractivity contribution in [2.24, 2.45) is 17.1 Å². The molecule has 0 unspecified atom stereocenters. The van der Waals surface area contributed by atoms with E-state index in [4.69, 9.17) is 5.73 Å². The summed E-state index contributed by atoms with van der Waals surface area (Å²) in [6.45, 7) is 6.44. The topological polar surface area (TPSA) is 84.2 Å². The normalized spacial score (nSPS) is 23.2. The van der Waals surface area contributed by atoms with E-state index in [0.29, 0.717) is 5.92 Å². The Hall–Kier alpha value is -1.52. The third-order valence-electron chi connectivity index (χ3n) is 2.57. The summed E-state index contributed by atoms with van der Waals surface area (Å²) < 4.78 is 0. The van der Waals surface area contributed by atoms with Gasteiger partial charge in [0.2, 0.25) is 0 Å². The van der Waals surface area contributed by atoms with Crippen molar-refractivity contribution in [3.8, 4) is 0 Å². The van der Waals surface area contributed by atoms with E-state index in [1.54, 1.807) is 0 Å². The van der Waals surface area contributed by atoms with E-state index < -0.39 is 11.8 Å². The number of carbonyl (C=O) groups excluding carboxylic acids is 2. The van der Waals surface area contributed by atoms with Crippen LogP contribution in [0.1, 0.15) is 33.6 Å². The van der Waals surface area contributed by atoms with Gasteiger partial charge in [0.05, 0.1) is 0 Å². The van der Waals surface area contributed by atoms with E-state index in [2.05, 4.69) is 37.7 Å². The molecule has 2 amide bonds. The molecule has 0 aliphatic heterocycles. The van der Waals surface area contributed by atoms with Crippen LogP contribution in [0.4, 0.5) is 0 Å². The summed E-state index contributed by atoms with van der Waals surface area (Å²) in [5, 5.41) is 0. The van der Waals surface area contributed by atoms with Gasteiger partial charge in [0.25, 0.3) is 0 Å². The zero-order valence-electron chi connectivity index (χ0n) is 9.96. The third-order valence-corrected chi connectivity index (χ3v) is 2.57. The van der Waals surface area contributed by atoms with Crippen molar-refractivity contribution in [1.82, 2.24) is 10.9 Å². The lowest BCUT2D eigenvalue weighted by atomic mass is 9.76. The Bertz CT molecular complexity index is 334. The Morgan fingerprint density at radius 3 is 2.62 bits per heavy atom. The maximum Gasteiger partial charge on any atom is 0.327 e. The highest BCUT2D eigenvalue weighted by Crippen LogP contribution is 2.35. The van der Waals surface area contributed by atoms with Crippen LogP contribution in [0.5, 0.6) is 0 Å². The van der Waals surface area contributed by atoms with Crippen LogP contribution in [0, 0.1) is 11.3 Å². The highest BCUT2D eigenvalue weighted by molar-refractivity contribution is 6.34. The van der Waals surface area contributed by atoms with Crippen molar-refractivity contribution >= 4 is 11.8 Å². The molecule has 1 aliphatic carbocycles. The van der Waals surface area contributed by atoms with Crippen molar-refractivity contribution in [2.45, 2.75) is 33.6 Å². The molecule has 0 saturated carbocycles. The minimum Gasteiger partial charge on any atom is -0.361 e. The number of allylic oxidation sites excluding steroid dienone is 2. The average molecular weight is 225 g/mol. The van der Waals surface area contributed by atoms with Gasteiger partial charge in [0.15, 0.2) is 0 Å². The standard InChI is InChI=1S/C11H19N3O2/c1-7-4-8(6-11(2,3)5-7)13-14-10(16)9(12)15/h6-7,13H,4-5H2,1-3H3,(H2,12,15)(H,14,16)/t7-/m0/s1. The fraction of sp³-hybridized carbons (Fsp3) is 0.636. The lowest BCUT2D eigenvalue weighted by molar-refractivity contribution is -0.137. The van der Waals surface area contributed by atoms with E-state index in [1.807, 2.05) is 0 Å². The third kappa shape index (κ3) is 3.56. The molecule has 90 valence electrons. The predicted octanol–water partition coefficient (Wildman–Crippen LogP) is 0.432. The minimum atomic E-state index is -0.990. The Kier molecular flexibility index (Phi) is 3.57. The first kappa shape index (κ1) is 12.5. The monoisotopic (exact) mass is 225 g/mol. The second-order valence-electron chi connectivity index (χ2n) is 5.11. The molecule has 0 radical (unpaired) electrons. The number of nitrogens with two attached hydrogens (primary N) is 1. The number of nitrogens with one attached hydrogen (secondary N) is 2. The first-order valence-electron chi connectivity index (χ1n) is 5.38. The van der Waals surface area contributed by atoms with Gasteiger partial charge in [-0.25, -0.2) is 0 Å². The molecule has 1 rings (SSSR count). The number of carbonyl (C=O) groups is 2. The number of primary amides is 1. The zero-order valence-corrected chi connectivity index (χ0v) is 9.96. The maximum absolute atomic E-state index is 11.0. The van der Waals surface area contributed by atoms with Gasteiger partial charge in [-0.3, -0.25) is 15.0 Å². The molecule has 5 heteroatoms. The first-order chi connectivity index (χ1) is 7.30. The van der Waals surface area contributed by atoms with Crippen LogP contribution in [-0.2, 0) is 9.59 Å². The predicted molar refractivity (Wildman–Crippen MR) is 60.7 cm³/mol. The van der Waals surface area contributed by atoms with Crippen molar-refractivity contribution < 1.29 is 9.59 Å². The Balaban J connectivity index is 2.57. The van der Waals surface area contributed by atoms with Gasteiger partial charge in [0, 0.05) is 5.70 Å². The summed E-state index contributed by atoms with van der Waals surface area (Å²) in [6.07, 6.45) is 4.05. The van der Waals surface area contributed by atoms with Crippen LogP contribution >= 0.6 is 0 Å². The number of hydrogen-bond donors (Lipinski definition) is 3. The molecule has 16 heavy (non-hydrogen) atoms. The second-order valence-corrected chi connectivity index (χ2v) is 5.11. The summed E-state index contributed by atoms with van der Waals surface area (Å²) in [5.41, 5.74) is 10.9. The van der Waals surface area contributed by atoms with E-state index in [-0.39, 0.29) is 5.41 Å². The van der Waals surface area contributed by atoms with Gasteiger partial charge in [0.1, 0.15) is 0 Å². The molecule has 0 heterocycles. The van der Waals surface area contributed by atoms with E-state index in [9.17, 15) is 9.59 Å². The molecule has 0 spiro atoms.